The molecule has 0 unspecified atom stereocenters. The number of carbonyl (C=O) groups is 1. The third kappa shape index (κ3) is 7.70. The highest BCUT2D eigenvalue weighted by Crippen LogP contribution is 2.30. The zero-order valence-corrected chi connectivity index (χ0v) is 19.5. The van der Waals surface area contributed by atoms with Crippen LogP contribution in [0.15, 0.2) is 42.5 Å². The van der Waals surface area contributed by atoms with Crippen LogP contribution in [-0.4, -0.2) is 33.2 Å². The summed E-state index contributed by atoms with van der Waals surface area (Å²) in [6.45, 7) is 4.42. The number of amides is 1. The normalized spacial score (nSPS) is 11.4. The second-order valence-corrected chi connectivity index (χ2v) is 9.87. The van der Waals surface area contributed by atoms with Gasteiger partial charge in [-0.2, -0.15) is 0 Å². The fourth-order valence-electron chi connectivity index (χ4n) is 2.77. The third-order valence-electron chi connectivity index (χ3n) is 4.13. The molecule has 0 aliphatic rings. The van der Waals surface area contributed by atoms with Crippen molar-refractivity contribution in [2.75, 3.05) is 17.1 Å². The summed E-state index contributed by atoms with van der Waals surface area (Å²) in [5.41, 5.74) is 1.25. The molecule has 0 bridgehead atoms. The van der Waals surface area contributed by atoms with Crippen molar-refractivity contribution in [2.24, 2.45) is 0 Å². The van der Waals surface area contributed by atoms with Crippen LogP contribution in [0.4, 0.5) is 5.69 Å². The fraction of sp³-hybridized carbons (Fsp3) is 0.381. The predicted molar refractivity (Wildman–Crippen MR) is 122 cm³/mol. The monoisotopic (exact) mass is 472 g/mol. The molecule has 0 fully saturated rings. The summed E-state index contributed by atoms with van der Waals surface area (Å²) in [6.07, 6.45) is 1.71. The van der Waals surface area contributed by atoms with Crippen LogP contribution in [0.3, 0.4) is 0 Å². The standard InChI is InChI=1S/C21H26Cl2N2O4S/c1-15(2)29-18-9-6-16(7-10-18)14-24-21(26)5-4-12-25(30(3,27)28)20-13-17(22)8-11-19(20)23/h6-11,13,15H,4-5,12,14H2,1-3H3,(H,24,26). The summed E-state index contributed by atoms with van der Waals surface area (Å²) in [5.74, 6) is 0.615. The van der Waals surface area contributed by atoms with Crippen molar-refractivity contribution in [1.29, 1.82) is 0 Å². The van der Waals surface area contributed by atoms with Gasteiger partial charge in [0.05, 0.1) is 23.1 Å². The first-order valence-corrected chi connectivity index (χ1v) is 12.1. The van der Waals surface area contributed by atoms with E-state index in [4.69, 9.17) is 27.9 Å². The van der Waals surface area contributed by atoms with E-state index in [1.807, 2.05) is 38.1 Å². The van der Waals surface area contributed by atoms with E-state index >= 15 is 0 Å². The summed E-state index contributed by atoms with van der Waals surface area (Å²) < 4.78 is 31.1. The van der Waals surface area contributed by atoms with Crippen LogP contribution in [-0.2, 0) is 21.4 Å². The van der Waals surface area contributed by atoms with Crippen LogP contribution in [0, 0.1) is 0 Å². The summed E-state index contributed by atoms with van der Waals surface area (Å²) in [6, 6.07) is 12.1. The third-order valence-corrected chi connectivity index (χ3v) is 5.86. The van der Waals surface area contributed by atoms with Gasteiger partial charge in [-0.15, -0.1) is 0 Å². The summed E-state index contributed by atoms with van der Waals surface area (Å²) >= 11 is 12.1. The van der Waals surface area contributed by atoms with Crippen molar-refractivity contribution in [1.82, 2.24) is 5.32 Å². The zero-order valence-electron chi connectivity index (χ0n) is 17.2. The minimum Gasteiger partial charge on any atom is -0.491 e. The van der Waals surface area contributed by atoms with Crippen molar-refractivity contribution < 1.29 is 17.9 Å². The Morgan fingerprint density at radius 2 is 1.80 bits per heavy atom. The maximum atomic E-state index is 12.2. The number of hydrogen-bond acceptors (Lipinski definition) is 4. The molecule has 30 heavy (non-hydrogen) atoms. The van der Waals surface area contributed by atoms with Gasteiger partial charge < -0.3 is 10.1 Å². The van der Waals surface area contributed by atoms with Gasteiger partial charge in [0.15, 0.2) is 0 Å². The molecule has 1 N–H and O–H groups in total. The number of rotatable bonds is 10. The Morgan fingerprint density at radius 1 is 1.13 bits per heavy atom. The average molecular weight is 473 g/mol. The second-order valence-electron chi connectivity index (χ2n) is 7.12. The van der Waals surface area contributed by atoms with Gasteiger partial charge in [-0.25, -0.2) is 8.42 Å². The van der Waals surface area contributed by atoms with Crippen molar-refractivity contribution in [3.05, 3.63) is 58.1 Å². The lowest BCUT2D eigenvalue weighted by Gasteiger charge is -2.23. The molecule has 0 radical (unpaired) electrons. The van der Waals surface area contributed by atoms with Crippen LogP contribution in [0.1, 0.15) is 32.3 Å². The lowest BCUT2D eigenvalue weighted by Crippen LogP contribution is -2.32. The molecule has 2 aromatic rings. The van der Waals surface area contributed by atoms with E-state index in [1.54, 1.807) is 12.1 Å². The lowest BCUT2D eigenvalue weighted by atomic mass is 10.2. The number of anilines is 1. The molecule has 0 heterocycles. The molecule has 0 atom stereocenters. The number of sulfonamides is 1. The van der Waals surface area contributed by atoms with E-state index in [2.05, 4.69) is 5.32 Å². The van der Waals surface area contributed by atoms with Crippen LogP contribution >= 0.6 is 23.2 Å². The van der Waals surface area contributed by atoms with Gasteiger partial charge in [0.1, 0.15) is 5.75 Å². The Balaban J connectivity index is 1.88. The zero-order chi connectivity index (χ0) is 22.3. The minimum atomic E-state index is -3.58. The molecular formula is C21H26Cl2N2O4S. The molecule has 164 valence electrons. The van der Waals surface area contributed by atoms with Crippen LogP contribution in [0.25, 0.3) is 0 Å². The first kappa shape index (κ1) is 24.3. The van der Waals surface area contributed by atoms with E-state index in [0.717, 1.165) is 17.6 Å². The highest BCUT2D eigenvalue weighted by molar-refractivity contribution is 7.92. The number of halogens is 2. The molecule has 2 aromatic carbocycles. The number of nitrogens with one attached hydrogen (secondary N) is 1. The van der Waals surface area contributed by atoms with Crippen LogP contribution < -0.4 is 14.4 Å². The first-order valence-electron chi connectivity index (χ1n) is 9.51. The number of benzene rings is 2. The van der Waals surface area contributed by atoms with Gasteiger partial charge in [0, 0.05) is 24.5 Å². The van der Waals surface area contributed by atoms with Gasteiger partial charge in [-0.1, -0.05) is 35.3 Å². The molecule has 0 aliphatic carbocycles. The smallest absolute Gasteiger partial charge is 0.232 e. The molecule has 0 saturated heterocycles. The van der Waals surface area contributed by atoms with E-state index in [9.17, 15) is 13.2 Å². The van der Waals surface area contributed by atoms with Gasteiger partial charge in [0.2, 0.25) is 15.9 Å². The molecule has 0 aromatic heterocycles. The van der Waals surface area contributed by atoms with E-state index in [0.29, 0.717) is 23.7 Å². The van der Waals surface area contributed by atoms with E-state index in [1.165, 1.54) is 10.4 Å². The molecule has 0 aliphatic heterocycles. The highest BCUT2D eigenvalue weighted by atomic mass is 35.5. The molecule has 9 heteroatoms. The quantitative estimate of drug-likeness (QED) is 0.546. The van der Waals surface area contributed by atoms with Gasteiger partial charge in [0.25, 0.3) is 0 Å². The molecule has 1 amide bonds. The summed E-state index contributed by atoms with van der Waals surface area (Å²) in [7, 11) is -3.58. The topological polar surface area (TPSA) is 75.7 Å². The van der Waals surface area contributed by atoms with Gasteiger partial charge >= 0.3 is 0 Å². The lowest BCUT2D eigenvalue weighted by molar-refractivity contribution is -0.121. The summed E-state index contributed by atoms with van der Waals surface area (Å²) in [5, 5.41) is 3.49. The molecule has 2 rings (SSSR count). The van der Waals surface area contributed by atoms with Crippen molar-refractivity contribution >= 4 is 44.8 Å². The Bertz CT molecular complexity index is 963. The number of ether oxygens (including phenoxy) is 1. The average Bonchev–Trinajstić information content (AvgIpc) is 2.65. The van der Waals surface area contributed by atoms with Crippen molar-refractivity contribution in [3.63, 3.8) is 0 Å². The Morgan fingerprint density at radius 3 is 2.40 bits per heavy atom. The Labute approximate surface area is 188 Å². The van der Waals surface area contributed by atoms with Crippen molar-refractivity contribution in [3.8, 4) is 5.75 Å². The number of nitrogens with zero attached hydrogens (tertiary/aromatic N) is 1. The van der Waals surface area contributed by atoms with E-state index < -0.39 is 10.0 Å². The maximum absolute atomic E-state index is 12.2. The predicted octanol–water partition coefficient (Wildman–Crippen LogP) is 4.64. The maximum Gasteiger partial charge on any atom is 0.232 e. The second kappa shape index (κ2) is 10.9. The van der Waals surface area contributed by atoms with Gasteiger partial charge in [-0.05, 0) is 56.2 Å². The summed E-state index contributed by atoms with van der Waals surface area (Å²) in [4.78, 5) is 12.2. The molecule has 6 nitrogen and oxygen atoms in total. The first-order chi connectivity index (χ1) is 14.1. The molecule has 0 saturated carbocycles. The molecular weight excluding hydrogens is 447 g/mol. The molecule has 0 spiro atoms. The highest BCUT2D eigenvalue weighted by Gasteiger charge is 2.20. The Hall–Kier alpha value is -1.96. The van der Waals surface area contributed by atoms with E-state index in [-0.39, 0.29) is 30.0 Å². The Kier molecular flexibility index (Phi) is 8.82. The largest absolute Gasteiger partial charge is 0.491 e. The van der Waals surface area contributed by atoms with Crippen molar-refractivity contribution in [2.45, 2.75) is 39.3 Å². The van der Waals surface area contributed by atoms with Gasteiger partial charge in [-0.3, -0.25) is 9.10 Å². The SMILES string of the molecule is CC(C)Oc1ccc(CNC(=O)CCCN(c2cc(Cl)ccc2Cl)S(C)(=O)=O)cc1. The van der Waals surface area contributed by atoms with Crippen LogP contribution in [0.5, 0.6) is 5.75 Å². The fourth-order valence-corrected chi connectivity index (χ4v) is 4.18. The number of hydrogen-bond donors (Lipinski definition) is 1. The van der Waals surface area contributed by atoms with Crippen LogP contribution in [0.2, 0.25) is 10.0 Å². The number of carbonyl (C=O) groups excluding carboxylic acids is 1. The minimum absolute atomic E-state index is 0.101.